The summed E-state index contributed by atoms with van der Waals surface area (Å²) in [6.45, 7) is 2.86. The molecule has 0 bridgehead atoms. The van der Waals surface area contributed by atoms with Gasteiger partial charge in [0, 0.05) is 12.7 Å². The van der Waals surface area contributed by atoms with E-state index in [1.54, 1.807) is 12.5 Å². The summed E-state index contributed by atoms with van der Waals surface area (Å²) in [5.41, 5.74) is 4.50. The van der Waals surface area contributed by atoms with Gasteiger partial charge >= 0.3 is 0 Å². The van der Waals surface area contributed by atoms with Crippen LogP contribution in [-0.2, 0) is 6.42 Å². The molecule has 1 N–H and O–H groups in total. The predicted octanol–water partition coefficient (Wildman–Crippen LogP) is 3.78. The molecule has 0 aliphatic carbocycles. The molecule has 0 radical (unpaired) electrons. The Labute approximate surface area is 146 Å². The number of hydrogen-bond donors (Lipinski definition) is 1. The first-order chi connectivity index (χ1) is 12.3. The van der Waals surface area contributed by atoms with E-state index in [4.69, 9.17) is 0 Å². The van der Waals surface area contributed by atoms with E-state index in [0.717, 1.165) is 29.8 Å². The van der Waals surface area contributed by atoms with Crippen molar-refractivity contribution < 1.29 is 0 Å². The van der Waals surface area contributed by atoms with Crippen molar-refractivity contribution in [3.05, 3.63) is 78.2 Å². The molecule has 4 rings (SSSR count). The zero-order valence-corrected chi connectivity index (χ0v) is 14.1. The first kappa shape index (κ1) is 15.3. The van der Waals surface area contributed by atoms with Crippen LogP contribution in [0.5, 0.6) is 0 Å². The minimum absolute atomic E-state index is 0.627. The Bertz CT molecular complexity index is 991. The maximum absolute atomic E-state index is 4.62. The van der Waals surface area contributed by atoms with E-state index in [2.05, 4.69) is 69.7 Å². The summed E-state index contributed by atoms with van der Waals surface area (Å²) in [6, 6.07) is 18.5. The third-order valence-corrected chi connectivity index (χ3v) is 4.13. The van der Waals surface area contributed by atoms with Crippen molar-refractivity contribution in [2.24, 2.45) is 0 Å². The SMILES string of the molecule is Cc1ccc2c(c1)ncn2-c1ccnc(NCCc2ccccc2)n1. The highest BCUT2D eigenvalue weighted by Gasteiger charge is 2.07. The average molecular weight is 329 g/mol. The van der Waals surface area contributed by atoms with Gasteiger partial charge in [0.05, 0.1) is 11.0 Å². The molecule has 25 heavy (non-hydrogen) atoms. The molecule has 0 amide bonds. The van der Waals surface area contributed by atoms with Gasteiger partial charge in [-0.1, -0.05) is 36.4 Å². The standard InChI is InChI=1S/C20H19N5/c1-15-7-8-18-17(13-15)23-14-25(18)19-10-12-22-20(24-19)21-11-9-16-5-3-2-4-6-16/h2-8,10,12-14H,9,11H2,1H3,(H,21,22,24). The van der Waals surface area contributed by atoms with Gasteiger partial charge in [-0.15, -0.1) is 0 Å². The molecule has 0 fully saturated rings. The van der Waals surface area contributed by atoms with Crippen LogP contribution in [0.3, 0.4) is 0 Å². The number of anilines is 1. The lowest BCUT2D eigenvalue weighted by atomic mass is 10.1. The summed E-state index contributed by atoms with van der Waals surface area (Å²) in [6.07, 6.45) is 4.51. The van der Waals surface area contributed by atoms with Crippen molar-refractivity contribution in [2.75, 3.05) is 11.9 Å². The van der Waals surface area contributed by atoms with Gasteiger partial charge < -0.3 is 5.32 Å². The van der Waals surface area contributed by atoms with Gasteiger partial charge in [0.1, 0.15) is 12.1 Å². The first-order valence-corrected chi connectivity index (χ1v) is 8.34. The van der Waals surface area contributed by atoms with Crippen LogP contribution in [-0.4, -0.2) is 26.1 Å². The van der Waals surface area contributed by atoms with Crippen molar-refractivity contribution in [1.82, 2.24) is 19.5 Å². The molecule has 5 nitrogen and oxygen atoms in total. The van der Waals surface area contributed by atoms with E-state index >= 15 is 0 Å². The van der Waals surface area contributed by atoms with Gasteiger partial charge in [-0.25, -0.2) is 9.97 Å². The van der Waals surface area contributed by atoms with E-state index in [1.165, 1.54) is 11.1 Å². The van der Waals surface area contributed by atoms with Crippen LogP contribution in [0.4, 0.5) is 5.95 Å². The number of benzene rings is 2. The number of nitrogens with zero attached hydrogens (tertiary/aromatic N) is 4. The van der Waals surface area contributed by atoms with Crippen molar-refractivity contribution >= 4 is 17.0 Å². The summed E-state index contributed by atoms with van der Waals surface area (Å²) in [5.74, 6) is 1.44. The fraction of sp³-hybridized carbons (Fsp3) is 0.150. The molecule has 0 saturated carbocycles. The molecular formula is C20H19N5. The highest BCUT2D eigenvalue weighted by molar-refractivity contribution is 5.77. The van der Waals surface area contributed by atoms with Crippen LogP contribution >= 0.6 is 0 Å². The number of fused-ring (bicyclic) bond motifs is 1. The normalized spacial score (nSPS) is 10.9. The molecule has 5 heteroatoms. The van der Waals surface area contributed by atoms with Gasteiger partial charge in [-0.05, 0) is 42.7 Å². The van der Waals surface area contributed by atoms with Crippen LogP contribution in [0.15, 0.2) is 67.1 Å². The van der Waals surface area contributed by atoms with Crippen LogP contribution in [0.2, 0.25) is 0 Å². The van der Waals surface area contributed by atoms with E-state index < -0.39 is 0 Å². The van der Waals surface area contributed by atoms with Crippen molar-refractivity contribution in [3.63, 3.8) is 0 Å². The number of hydrogen-bond acceptors (Lipinski definition) is 4. The minimum atomic E-state index is 0.627. The van der Waals surface area contributed by atoms with Gasteiger partial charge in [-0.2, -0.15) is 4.98 Å². The average Bonchev–Trinajstić information content (AvgIpc) is 3.06. The number of nitrogens with one attached hydrogen (secondary N) is 1. The third-order valence-electron chi connectivity index (χ3n) is 4.13. The van der Waals surface area contributed by atoms with Gasteiger partial charge in [0.2, 0.25) is 5.95 Å². The van der Waals surface area contributed by atoms with Crippen LogP contribution < -0.4 is 5.32 Å². The molecule has 0 saturated heterocycles. The summed E-state index contributed by atoms with van der Waals surface area (Å²) in [7, 11) is 0. The highest BCUT2D eigenvalue weighted by Crippen LogP contribution is 2.18. The third kappa shape index (κ3) is 3.35. The molecule has 2 heterocycles. The Morgan fingerprint density at radius 1 is 1.00 bits per heavy atom. The van der Waals surface area contributed by atoms with Crippen molar-refractivity contribution in [2.45, 2.75) is 13.3 Å². The lowest BCUT2D eigenvalue weighted by Crippen LogP contribution is -2.09. The van der Waals surface area contributed by atoms with Crippen LogP contribution in [0, 0.1) is 6.92 Å². The van der Waals surface area contributed by atoms with E-state index in [0.29, 0.717) is 5.95 Å². The van der Waals surface area contributed by atoms with Crippen molar-refractivity contribution in [3.8, 4) is 5.82 Å². The molecule has 0 unspecified atom stereocenters. The Hall–Kier alpha value is -3.21. The van der Waals surface area contributed by atoms with Gasteiger partial charge in [0.15, 0.2) is 0 Å². The number of imidazole rings is 1. The second kappa shape index (κ2) is 6.73. The Balaban J connectivity index is 1.52. The molecule has 124 valence electrons. The summed E-state index contributed by atoms with van der Waals surface area (Å²) < 4.78 is 1.98. The van der Waals surface area contributed by atoms with E-state index in [1.807, 2.05) is 16.7 Å². The Morgan fingerprint density at radius 2 is 1.88 bits per heavy atom. The zero-order chi connectivity index (χ0) is 17.1. The maximum Gasteiger partial charge on any atom is 0.224 e. The first-order valence-electron chi connectivity index (χ1n) is 8.34. The Morgan fingerprint density at radius 3 is 2.76 bits per heavy atom. The smallest absolute Gasteiger partial charge is 0.224 e. The molecule has 2 aromatic carbocycles. The Kier molecular flexibility index (Phi) is 4.12. The quantitative estimate of drug-likeness (QED) is 0.605. The number of aryl methyl sites for hydroxylation is 1. The molecule has 0 spiro atoms. The van der Waals surface area contributed by atoms with Gasteiger partial charge in [0.25, 0.3) is 0 Å². The molecule has 0 aliphatic heterocycles. The molecule has 2 aromatic heterocycles. The minimum Gasteiger partial charge on any atom is -0.354 e. The lowest BCUT2D eigenvalue weighted by molar-refractivity contribution is 0.953. The van der Waals surface area contributed by atoms with Crippen LogP contribution in [0.25, 0.3) is 16.9 Å². The monoisotopic (exact) mass is 329 g/mol. The molecule has 0 aliphatic rings. The largest absolute Gasteiger partial charge is 0.354 e. The fourth-order valence-corrected chi connectivity index (χ4v) is 2.84. The second-order valence-corrected chi connectivity index (χ2v) is 6.01. The van der Waals surface area contributed by atoms with E-state index in [9.17, 15) is 0 Å². The number of rotatable bonds is 5. The zero-order valence-electron chi connectivity index (χ0n) is 14.1. The number of aromatic nitrogens is 4. The maximum atomic E-state index is 4.62. The molecule has 4 aromatic rings. The lowest BCUT2D eigenvalue weighted by Gasteiger charge is -2.08. The van der Waals surface area contributed by atoms with Gasteiger partial charge in [-0.3, -0.25) is 4.57 Å². The summed E-state index contributed by atoms with van der Waals surface area (Å²) in [4.78, 5) is 13.4. The predicted molar refractivity (Wildman–Crippen MR) is 100 cm³/mol. The second-order valence-electron chi connectivity index (χ2n) is 6.01. The summed E-state index contributed by atoms with van der Waals surface area (Å²) in [5, 5.41) is 3.30. The fourth-order valence-electron chi connectivity index (χ4n) is 2.84. The molecule has 0 atom stereocenters. The van der Waals surface area contributed by atoms with Crippen LogP contribution in [0.1, 0.15) is 11.1 Å². The highest BCUT2D eigenvalue weighted by atomic mass is 15.2. The summed E-state index contributed by atoms with van der Waals surface area (Å²) >= 11 is 0. The topological polar surface area (TPSA) is 55.6 Å². The van der Waals surface area contributed by atoms with E-state index in [-0.39, 0.29) is 0 Å². The van der Waals surface area contributed by atoms with Crippen molar-refractivity contribution in [1.29, 1.82) is 0 Å². The molecular weight excluding hydrogens is 310 g/mol.